The average Bonchev–Trinajstić information content (AvgIpc) is 2.94. The molecule has 3 aromatic heterocycles. The summed E-state index contributed by atoms with van der Waals surface area (Å²) in [6.45, 7) is 0. The van der Waals surface area contributed by atoms with E-state index in [0.29, 0.717) is 32.5 Å². The predicted molar refractivity (Wildman–Crippen MR) is 89.4 cm³/mol. The number of hydrogen-bond acceptors (Lipinski definition) is 5. The number of benzene rings is 2. The van der Waals surface area contributed by atoms with Crippen LogP contribution in [0.4, 0.5) is 0 Å². The molecule has 0 aliphatic rings. The van der Waals surface area contributed by atoms with Crippen LogP contribution in [-0.2, 0) is 0 Å². The lowest BCUT2D eigenvalue weighted by atomic mass is 10.2. The summed E-state index contributed by atoms with van der Waals surface area (Å²) in [7, 11) is 0. The van der Waals surface area contributed by atoms with Crippen LogP contribution in [-0.4, -0.2) is 18.2 Å². The first-order valence-electron chi connectivity index (χ1n) is 6.96. The fraction of sp³-hybridized carbons (Fsp3) is 0. The van der Waals surface area contributed by atoms with Crippen LogP contribution in [0.2, 0.25) is 0 Å². The maximum absolute atomic E-state index is 12.8. The molecule has 5 aromatic rings. The zero-order chi connectivity index (χ0) is 15.6. The Morgan fingerprint density at radius 2 is 1.39 bits per heavy atom. The third-order valence-electron chi connectivity index (χ3n) is 3.84. The molecular weight excluding hydrogens is 312 g/mol. The minimum atomic E-state index is -0.216. The van der Waals surface area contributed by atoms with Crippen molar-refractivity contribution in [2.45, 2.75) is 0 Å². The lowest BCUT2D eigenvalue weighted by Gasteiger charge is -1.99. The first kappa shape index (κ1) is 12.5. The average molecular weight is 320 g/mol. The number of hydrogen-bond donors (Lipinski definition) is 0. The largest absolute Gasteiger partial charge is 0.276 e. The number of aromatic nitrogens is 4. The summed E-state index contributed by atoms with van der Waals surface area (Å²) in [5, 5.41) is 1.03. The molecule has 7 heteroatoms. The van der Waals surface area contributed by atoms with E-state index in [9.17, 15) is 9.59 Å². The summed E-state index contributed by atoms with van der Waals surface area (Å²) in [6.07, 6.45) is 0. The second kappa shape index (κ2) is 4.23. The highest BCUT2D eigenvalue weighted by Crippen LogP contribution is 2.17. The summed E-state index contributed by atoms with van der Waals surface area (Å²) in [5.41, 5.74) is 0.773. The minimum absolute atomic E-state index is 0.190. The van der Waals surface area contributed by atoms with Crippen LogP contribution in [0.5, 0.6) is 0 Å². The molecule has 0 radical (unpaired) electrons. The van der Waals surface area contributed by atoms with E-state index in [0.717, 1.165) is 11.5 Å². The molecule has 0 spiro atoms. The highest BCUT2D eigenvalue weighted by molar-refractivity contribution is 7.12. The monoisotopic (exact) mass is 320 g/mol. The molecule has 23 heavy (non-hydrogen) atoms. The van der Waals surface area contributed by atoms with Crippen molar-refractivity contribution in [3.63, 3.8) is 0 Å². The summed E-state index contributed by atoms with van der Waals surface area (Å²) >= 11 is 1.13. The van der Waals surface area contributed by atoms with Crippen LogP contribution in [0.1, 0.15) is 0 Å². The van der Waals surface area contributed by atoms with E-state index < -0.39 is 0 Å². The molecule has 2 aromatic carbocycles. The lowest BCUT2D eigenvalue weighted by molar-refractivity contribution is 1.06. The first-order valence-corrected chi connectivity index (χ1v) is 7.74. The van der Waals surface area contributed by atoms with Gasteiger partial charge in [-0.3, -0.25) is 9.59 Å². The Labute approximate surface area is 132 Å². The highest BCUT2D eigenvalue weighted by atomic mass is 32.1. The standard InChI is InChI=1S/C16H8N4O2S/c21-13-9-5-1-4-8-12(9)18-16-19(13)15-17-11-7-3-2-6-10(11)14(22)20(15)23-16/h1-8H. The van der Waals surface area contributed by atoms with E-state index in [4.69, 9.17) is 0 Å². The summed E-state index contributed by atoms with van der Waals surface area (Å²) in [4.78, 5) is 34.9. The van der Waals surface area contributed by atoms with E-state index in [1.807, 2.05) is 12.1 Å². The molecule has 0 saturated carbocycles. The van der Waals surface area contributed by atoms with Crippen molar-refractivity contribution in [3.05, 3.63) is 69.2 Å². The third kappa shape index (κ3) is 1.56. The van der Waals surface area contributed by atoms with Gasteiger partial charge >= 0.3 is 0 Å². The summed E-state index contributed by atoms with van der Waals surface area (Å²) < 4.78 is 2.83. The number of nitrogens with zero attached hydrogens (tertiary/aromatic N) is 4. The SMILES string of the molecule is O=c1c2ccccc2nc2n1sc1nc3ccccc3c(=O)n12. The molecule has 0 aliphatic heterocycles. The van der Waals surface area contributed by atoms with E-state index >= 15 is 0 Å². The van der Waals surface area contributed by atoms with Crippen LogP contribution in [0.25, 0.3) is 32.5 Å². The Balaban J connectivity index is 2.14. The molecule has 3 heterocycles. The number of fused-ring (bicyclic) bond motifs is 5. The van der Waals surface area contributed by atoms with Crippen LogP contribution in [0.15, 0.2) is 58.1 Å². The predicted octanol–water partition coefficient (Wildman–Crippen LogP) is 2.07. The Morgan fingerprint density at radius 3 is 2.13 bits per heavy atom. The molecule has 0 aliphatic carbocycles. The van der Waals surface area contributed by atoms with Crippen LogP contribution >= 0.6 is 11.5 Å². The molecular formula is C16H8N4O2S. The van der Waals surface area contributed by atoms with Crippen molar-refractivity contribution in [2.24, 2.45) is 0 Å². The summed E-state index contributed by atoms with van der Waals surface area (Å²) in [5.74, 6) is 0.303. The molecule has 0 bridgehead atoms. The molecule has 0 amide bonds. The Morgan fingerprint density at radius 1 is 0.783 bits per heavy atom. The quantitative estimate of drug-likeness (QED) is 0.438. The highest BCUT2D eigenvalue weighted by Gasteiger charge is 2.15. The third-order valence-corrected chi connectivity index (χ3v) is 4.79. The van der Waals surface area contributed by atoms with Gasteiger partial charge in [0.25, 0.3) is 11.1 Å². The van der Waals surface area contributed by atoms with Gasteiger partial charge in [-0.05, 0) is 35.8 Å². The van der Waals surface area contributed by atoms with E-state index in [1.165, 1.54) is 8.19 Å². The van der Waals surface area contributed by atoms with Gasteiger partial charge < -0.3 is 0 Å². The van der Waals surface area contributed by atoms with Crippen LogP contribution in [0.3, 0.4) is 0 Å². The second-order valence-corrected chi connectivity index (χ2v) is 6.08. The fourth-order valence-electron chi connectivity index (χ4n) is 2.76. The zero-order valence-corrected chi connectivity index (χ0v) is 12.4. The Kier molecular flexibility index (Phi) is 2.30. The van der Waals surface area contributed by atoms with Crippen molar-refractivity contribution < 1.29 is 0 Å². The van der Waals surface area contributed by atoms with Gasteiger partial charge in [0.05, 0.1) is 21.8 Å². The van der Waals surface area contributed by atoms with Crippen molar-refractivity contribution in [3.8, 4) is 0 Å². The van der Waals surface area contributed by atoms with Gasteiger partial charge in [0.15, 0.2) is 0 Å². The molecule has 0 N–H and O–H groups in total. The lowest BCUT2D eigenvalue weighted by Crippen LogP contribution is -2.18. The number of rotatable bonds is 0. The van der Waals surface area contributed by atoms with E-state index in [2.05, 4.69) is 9.97 Å². The van der Waals surface area contributed by atoms with Crippen LogP contribution < -0.4 is 11.1 Å². The molecule has 0 fully saturated rings. The van der Waals surface area contributed by atoms with Gasteiger partial charge in [-0.2, -0.15) is 3.79 Å². The van der Waals surface area contributed by atoms with Crippen molar-refractivity contribution >= 4 is 44.1 Å². The fourth-order valence-corrected chi connectivity index (χ4v) is 3.69. The van der Waals surface area contributed by atoms with Crippen molar-refractivity contribution in [1.29, 1.82) is 0 Å². The molecule has 5 rings (SSSR count). The number of para-hydroxylation sites is 2. The maximum Gasteiger partial charge on any atom is 0.276 e. The van der Waals surface area contributed by atoms with Gasteiger partial charge in [-0.1, -0.05) is 24.3 Å². The topological polar surface area (TPSA) is 68.7 Å². The molecule has 110 valence electrons. The first-order chi connectivity index (χ1) is 11.2. The zero-order valence-electron chi connectivity index (χ0n) is 11.6. The maximum atomic E-state index is 12.8. The normalized spacial score (nSPS) is 11.8. The summed E-state index contributed by atoms with van der Waals surface area (Å²) in [6, 6.07) is 14.2. The Bertz CT molecular complexity index is 1360. The molecule has 6 nitrogen and oxygen atoms in total. The second-order valence-electron chi connectivity index (χ2n) is 5.17. The smallest absolute Gasteiger partial charge is 0.268 e. The van der Waals surface area contributed by atoms with Crippen molar-refractivity contribution in [2.75, 3.05) is 0 Å². The van der Waals surface area contributed by atoms with E-state index in [-0.39, 0.29) is 11.1 Å². The van der Waals surface area contributed by atoms with Gasteiger partial charge in [-0.25, -0.2) is 14.4 Å². The van der Waals surface area contributed by atoms with Crippen LogP contribution in [0, 0.1) is 0 Å². The molecule has 0 unspecified atom stereocenters. The van der Waals surface area contributed by atoms with Gasteiger partial charge in [0.1, 0.15) is 0 Å². The minimum Gasteiger partial charge on any atom is -0.268 e. The molecule has 0 saturated heterocycles. The van der Waals surface area contributed by atoms with Gasteiger partial charge in [0, 0.05) is 0 Å². The Hall–Kier alpha value is -3.06. The van der Waals surface area contributed by atoms with Crippen molar-refractivity contribution in [1.82, 2.24) is 18.2 Å². The van der Waals surface area contributed by atoms with E-state index in [1.54, 1.807) is 36.4 Å². The van der Waals surface area contributed by atoms with Gasteiger partial charge in [0.2, 0.25) is 10.7 Å². The van der Waals surface area contributed by atoms with Gasteiger partial charge in [-0.15, -0.1) is 0 Å². The molecule has 0 atom stereocenters.